The Balaban J connectivity index is 2.07. The molecule has 0 bridgehead atoms. The van der Waals surface area contributed by atoms with Crippen LogP contribution in [-0.4, -0.2) is 38.7 Å². The molecule has 0 aliphatic rings. The molecule has 2 heterocycles. The number of hydrogen-bond donors (Lipinski definition) is 1. The topological polar surface area (TPSA) is 77.0 Å². The van der Waals surface area contributed by atoms with Crippen molar-refractivity contribution in [3.8, 4) is 10.6 Å². The van der Waals surface area contributed by atoms with E-state index in [4.69, 9.17) is 5.73 Å². The fourth-order valence-electron chi connectivity index (χ4n) is 2.19. The van der Waals surface area contributed by atoms with Gasteiger partial charge in [-0.2, -0.15) is 5.10 Å². The molecule has 2 N–H and O–H groups in total. The number of hydrogen-bond acceptors (Lipinski definition) is 5. The predicted octanol–water partition coefficient (Wildman–Crippen LogP) is 1.49. The number of carbonyl (C=O) groups is 1. The summed E-state index contributed by atoms with van der Waals surface area (Å²) < 4.78 is 1.76. The summed E-state index contributed by atoms with van der Waals surface area (Å²) >= 11 is 1.59. The van der Waals surface area contributed by atoms with E-state index >= 15 is 0 Å². The summed E-state index contributed by atoms with van der Waals surface area (Å²) in [5.74, 6) is 0.166. The Morgan fingerprint density at radius 3 is 2.86 bits per heavy atom. The Labute approximate surface area is 128 Å². The van der Waals surface area contributed by atoms with Gasteiger partial charge in [0.2, 0.25) is 5.91 Å². The van der Waals surface area contributed by atoms with E-state index < -0.39 is 0 Å². The second kappa shape index (κ2) is 6.82. The van der Waals surface area contributed by atoms with Crippen LogP contribution in [-0.2, 0) is 18.4 Å². The quantitative estimate of drug-likeness (QED) is 0.840. The Morgan fingerprint density at radius 1 is 1.52 bits per heavy atom. The lowest BCUT2D eigenvalue weighted by Crippen LogP contribution is -2.35. The van der Waals surface area contributed by atoms with E-state index in [1.165, 1.54) is 0 Å². The van der Waals surface area contributed by atoms with Gasteiger partial charge in [0.15, 0.2) is 0 Å². The van der Waals surface area contributed by atoms with Crippen LogP contribution < -0.4 is 5.73 Å². The van der Waals surface area contributed by atoms with Crippen LogP contribution in [0.3, 0.4) is 0 Å². The van der Waals surface area contributed by atoms with Crippen molar-refractivity contribution >= 4 is 17.2 Å². The largest absolute Gasteiger partial charge is 0.369 e. The average molecular weight is 307 g/mol. The van der Waals surface area contributed by atoms with Crippen molar-refractivity contribution in [2.75, 3.05) is 13.1 Å². The Morgan fingerprint density at radius 2 is 2.29 bits per heavy atom. The molecule has 0 aromatic carbocycles. The molecule has 2 aromatic rings. The Bertz CT molecular complexity index is 604. The van der Waals surface area contributed by atoms with Gasteiger partial charge in [-0.1, -0.05) is 13.8 Å². The van der Waals surface area contributed by atoms with Gasteiger partial charge in [-0.25, -0.2) is 4.98 Å². The summed E-state index contributed by atoms with van der Waals surface area (Å²) in [5.41, 5.74) is 7.28. The molecule has 0 unspecified atom stereocenters. The van der Waals surface area contributed by atoms with Crippen molar-refractivity contribution in [3.63, 3.8) is 0 Å². The van der Waals surface area contributed by atoms with Crippen LogP contribution in [0.25, 0.3) is 10.6 Å². The van der Waals surface area contributed by atoms with Crippen LogP contribution in [0.4, 0.5) is 0 Å². The molecule has 0 atom stereocenters. The van der Waals surface area contributed by atoms with E-state index in [1.54, 1.807) is 22.2 Å². The SMILES string of the molecule is CC(C)CN(CC(N)=O)Cc1csc(-c2cnn(C)c2)n1. The number of aromatic nitrogens is 3. The summed E-state index contributed by atoms with van der Waals surface area (Å²) in [6.07, 6.45) is 3.75. The molecule has 2 rings (SSSR count). The second-order valence-corrected chi connectivity index (χ2v) is 6.43. The third-order valence-electron chi connectivity index (χ3n) is 2.89. The first-order chi connectivity index (χ1) is 9.94. The highest BCUT2D eigenvalue weighted by atomic mass is 32.1. The van der Waals surface area contributed by atoms with Gasteiger partial charge in [0, 0.05) is 37.3 Å². The summed E-state index contributed by atoms with van der Waals surface area (Å²) in [4.78, 5) is 17.8. The number of primary amides is 1. The van der Waals surface area contributed by atoms with Crippen LogP contribution in [0.15, 0.2) is 17.8 Å². The number of carbonyl (C=O) groups excluding carboxylic acids is 1. The summed E-state index contributed by atoms with van der Waals surface area (Å²) in [6.45, 7) is 5.96. The van der Waals surface area contributed by atoms with E-state index in [-0.39, 0.29) is 12.5 Å². The third-order valence-corrected chi connectivity index (χ3v) is 3.83. The molecule has 0 saturated heterocycles. The zero-order chi connectivity index (χ0) is 15.4. The van der Waals surface area contributed by atoms with Gasteiger partial charge in [-0.15, -0.1) is 11.3 Å². The fraction of sp³-hybridized carbons (Fsp3) is 0.500. The molecule has 2 aromatic heterocycles. The Hall–Kier alpha value is -1.73. The Kier molecular flexibility index (Phi) is 5.08. The van der Waals surface area contributed by atoms with Crippen molar-refractivity contribution in [3.05, 3.63) is 23.5 Å². The standard InChI is InChI=1S/C14H21N5OS/c1-10(2)5-19(8-13(15)20)7-12-9-21-14(17-12)11-4-16-18(3)6-11/h4,6,9-10H,5,7-8H2,1-3H3,(H2,15,20). The monoisotopic (exact) mass is 307 g/mol. The minimum Gasteiger partial charge on any atom is -0.369 e. The van der Waals surface area contributed by atoms with Gasteiger partial charge >= 0.3 is 0 Å². The minimum atomic E-state index is -0.307. The highest BCUT2D eigenvalue weighted by Crippen LogP contribution is 2.23. The van der Waals surface area contributed by atoms with Crippen molar-refractivity contribution in [1.29, 1.82) is 0 Å². The summed E-state index contributed by atoms with van der Waals surface area (Å²) in [5, 5.41) is 7.12. The molecule has 0 aliphatic carbocycles. The fourth-order valence-corrected chi connectivity index (χ4v) is 2.98. The molecular weight excluding hydrogens is 286 g/mol. The highest BCUT2D eigenvalue weighted by Gasteiger charge is 2.14. The average Bonchev–Trinajstić information content (AvgIpc) is 2.96. The summed E-state index contributed by atoms with van der Waals surface area (Å²) in [6, 6.07) is 0. The molecule has 0 spiro atoms. The van der Waals surface area contributed by atoms with Crippen molar-refractivity contribution in [2.45, 2.75) is 20.4 Å². The van der Waals surface area contributed by atoms with Gasteiger partial charge in [-0.05, 0) is 5.92 Å². The lowest BCUT2D eigenvalue weighted by molar-refractivity contribution is -0.119. The maximum absolute atomic E-state index is 11.2. The normalized spacial score (nSPS) is 11.5. The molecule has 0 aliphatic heterocycles. The van der Waals surface area contributed by atoms with Gasteiger partial charge in [0.25, 0.3) is 0 Å². The first kappa shape index (κ1) is 15.7. The first-order valence-corrected chi connectivity index (χ1v) is 7.76. The minimum absolute atomic E-state index is 0.262. The number of amides is 1. The molecular formula is C14H21N5OS. The van der Waals surface area contributed by atoms with E-state index in [2.05, 4.69) is 23.9 Å². The maximum atomic E-state index is 11.2. The molecule has 0 saturated carbocycles. The molecule has 114 valence electrons. The number of nitrogens with two attached hydrogens (primary N) is 1. The predicted molar refractivity (Wildman–Crippen MR) is 83.6 cm³/mol. The molecule has 6 nitrogen and oxygen atoms in total. The van der Waals surface area contributed by atoms with Gasteiger partial charge < -0.3 is 5.73 Å². The molecule has 1 amide bonds. The lowest BCUT2D eigenvalue weighted by Gasteiger charge is -2.21. The van der Waals surface area contributed by atoms with Crippen LogP contribution >= 0.6 is 11.3 Å². The van der Waals surface area contributed by atoms with E-state index in [9.17, 15) is 4.79 Å². The number of aryl methyl sites for hydroxylation is 1. The zero-order valence-corrected chi connectivity index (χ0v) is 13.4. The zero-order valence-electron chi connectivity index (χ0n) is 12.6. The van der Waals surface area contributed by atoms with Gasteiger partial charge in [0.1, 0.15) is 5.01 Å². The maximum Gasteiger partial charge on any atom is 0.231 e. The molecule has 7 heteroatoms. The molecule has 0 fully saturated rings. The van der Waals surface area contributed by atoms with Crippen molar-refractivity contribution in [2.24, 2.45) is 18.7 Å². The third kappa shape index (κ3) is 4.64. The van der Waals surface area contributed by atoms with E-state index in [0.29, 0.717) is 12.5 Å². The molecule has 21 heavy (non-hydrogen) atoms. The van der Waals surface area contributed by atoms with Crippen molar-refractivity contribution in [1.82, 2.24) is 19.7 Å². The summed E-state index contributed by atoms with van der Waals surface area (Å²) in [7, 11) is 1.88. The van der Waals surface area contributed by atoms with Gasteiger partial charge in [-0.3, -0.25) is 14.4 Å². The van der Waals surface area contributed by atoms with Crippen LogP contribution in [0, 0.1) is 5.92 Å². The smallest absolute Gasteiger partial charge is 0.231 e. The highest BCUT2D eigenvalue weighted by molar-refractivity contribution is 7.13. The van der Waals surface area contributed by atoms with Gasteiger partial charge in [0.05, 0.1) is 18.4 Å². The van der Waals surface area contributed by atoms with Crippen LogP contribution in [0.5, 0.6) is 0 Å². The number of thiazole rings is 1. The second-order valence-electron chi connectivity index (χ2n) is 5.58. The van der Waals surface area contributed by atoms with E-state index in [1.807, 2.05) is 23.5 Å². The van der Waals surface area contributed by atoms with Crippen LogP contribution in [0.1, 0.15) is 19.5 Å². The lowest BCUT2D eigenvalue weighted by atomic mass is 10.2. The van der Waals surface area contributed by atoms with Crippen LogP contribution in [0.2, 0.25) is 0 Å². The number of nitrogens with zero attached hydrogens (tertiary/aromatic N) is 4. The van der Waals surface area contributed by atoms with E-state index in [0.717, 1.165) is 22.8 Å². The van der Waals surface area contributed by atoms with Crippen molar-refractivity contribution < 1.29 is 4.79 Å². The number of rotatable bonds is 7. The first-order valence-electron chi connectivity index (χ1n) is 6.88. The molecule has 0 radical (unpaired) electrons.